The number of halogens is 1. The number of aromatic hydroxyl groups is 2. The van der Waals surface area contributed by atoms with Crippen molar-refractivity contribution in [3.05, 3.63) is 63.3 Å². The van der Waals surface area contributed by atoms with Gasteiger partial charge in [0.25, 0.3) is 5.91 Å². The molecule has 10 nitrogen and oxygen atoms in total. The van der Waals surface area contributed by atoms with Crippen LogP contribution in [0.25, 0.3) is 0 Å². The zero-order valence-corrected chi connectivity index (χ0v) is 21.2. The maximum absolute atomic E-state index is 12.6. The predicted octanol–water partition coefficient (Wildman–Crippen LogP) is 2.75. The summed E-state index contributed by atoms with van der Waals surface area (Å²) in [6.45, 7) is 3.29. The van der Waals surface area contributed by atoms with Crippen LogP contribution in [-0.4, -0.2) is 46.6 Å². The van der Waals surface area contributed by atoms with Crippen molar-refractivity contribution in [3.63, 3.8) is 0 Å². The van der Waals surface area contributed by atoms with Gasteiger partial charge >= 0.3 is 5.97 Å². The monoisotopic (exact) mass is 562 g/mol. The number of hydrogen-bond donors (Lipinski definition) is 5. The third-order valence-corrected chi connectivity index (χ3v) is 5.70. The highest BCUT2D eigenvalue weighted by molar-refractivity contribution is 9.10. The number of nitrogens with zero attached hydrogens (tertiary/aromatic N) is 1. The van der Waals surface area contributed by atoms with E-state index in [2.05, 4.69) is 37.1 Å². The third kappa shape index (κ3) is 6.49. The molecule has 3 rings (SSSR count). The molecule has 1 aliphatic heterocycles. The van der Waals surface area contributed by atoms with Crippen molar-refractivity contribution >= 4 is 51.4 Å². The number of ether oxygens (including phenoxy) is 2. The molecule has 2 aromatic rings. The van der Waals surface area contributed by atoms with E-state index in [0.29, 0.717) is 32.2 Å². The molecule has 2 aromatic carbocycles. The number of esters is 1. The fraction of sp³-hybridized carbons (Fsp3) is 0.217. The largest absolute Gasteiger partial charge is 0.507 e. The molecule has 184 valence electrons. The molecule has 0 saturated carbocycles. The lowest BCUT2D eigenvalue weighted by Gasteiger charge is -2.30. The van der Waals surface area contributed by atoms with E-state index in [4.69, 9.17) is 21.7 Å². The number of carbonyl (C=O) groups excluding carboxylic acids is 2. The first-order chi connectivity index (χ1) is 16.7. The number of benzene rings is 2. The molecule has 0 saturated heterocycles. The number of hydrogen-bond acceptors (Lipinski definition) is 8. The molecule has 5 N–H and O–H groups in total. The summed E-state index contributed by atoms with van der Waals surface area (Å²) < 4.78 is 11.3. The van der Waals surface area contributed by atoms with Gasteiger partial charge in [0.15, 0.2) is 11.7 Å². The molecule has 1 aliphatic rings. The average molecular weight is 563 g/mol. The van der Waals surface area contributed by atoms with Crippen LogP contribution in [0.15, 0.2) is 57.2 Å². The van der Waals surface area contributed by atoms with Crippen molar-refractivity contribution in [2.45, 2.75) is 19.9 Å². The second-order valence-corrected chi connectivity index (χ2v) is 8.54. The number of rotatable bonds is 8. The van der Waals surface area contributed by atoms with Gasteiger partial charge < -0.3 is 30.3 Å². The van der Waals surface area contributed by atoms with Gasteiger partial charge in [0.1, 0.15) is 17.2 Å². The Labute approximate surface area is 215 Å². The minimum Gasteiger partial charge on any atom is -0.507 e. The molecule has 1 atom stereocenters. The van der Waals surface area contributed by atoms with E-state index >= 15 is 0 Å². The van der Waals surface area contributed by atoms with E-state index in [1.807, 2.05) is 0 Å². The van der Waals surface area contributed by atoms with Gasteiger partial charge in [0, 0.05) is 22.9 Å². The minimum absolute atomic E-state index is 0.129. The van der Waals surface area contributed by atoms with Crippen molar-refractivity contribution < 1.29 is 29.3 Å². The van der Waals surface area contributed by atoms with Gasteiger partial charge in [-0.05, 0) is 54.1 Å². The van der Waals surface area contributed by atoms with Crippen LogP contribution in [0.4, 0.5) is 0 Å². The lowest BCUT2D eigenvalue weighted by Crippen LogP contribution is -2.45. The van der Waals surface area contributed by atoms with Crippen LogP contribution >= 0.6 is 28.1 Å². The molecular formula is C23H23BrN4O6S. The molecular weight excluding hydrogens is 540 g/mol. The summed E-state index contributed by atoms with van der Waals surface area (Å²) in [6.07, 6.45) is 1.23. The van der Waals surface area contributed by atoms with Crippen LogP contribution < -0.4 is 20.8 Å². The van der Waals surface area contributed by atoms with E-state index in [9.17, 15) is 19.8 Å². The molecule has 0 aromatic heterocycles. The Hall–Kier alpha value is -3.64. The maximum atomic E-state index is 12.6. The summed E-state index contributed by atoms with van der Waals surface area (Å²) in [5.41, 5.74) is 4.09. The number of carbonyl (C=O) groups is 2. The Bertz CT molecular complexity index is 1220. The Morgan fingerprint density at radius 3 is 2.74 bits per heavy atom. The smallest absolute Gasteiger partial charge is 0.338 e. The van der Waals surface area contributed by atoms with Crippen LogP contribution in [0.1, 0.15) is 31.0 Å². The Kier molecular flexibility index (Phi) is 8.66. The van der Waals surface area contributed by atoms with E-state index in [1.54, 1.807) is 38.1 Å². The first-order valence-electron chi connectivity index (χ1n) is 10.4. The van der Waals surface area contributed by atoms with Gasteiger partial charge in [-0.1, -0.05) is 18.2 Å². The van der Waals surface area contributed by atoms with E-state index in [-0.39, 0.29) is 30.3 Å². The molecule has 0 unspecified atom stereocenters. The molecule has 1 heterocycles. The predicted molar refractivity (Wildman–Crippen MR) is 136 cm³/mol. The number of amides is 1. The average Bonchev–Trinajstić information content (AvgIpc) is 2.80. The minimum atomic E-state index is -0.643. The molecule has 1 amide bonds. The van der Waals surface area contributed by atoms with Crippen LogP contribution in [0.2, 0.25) is 0 Å². The van der Waals surface area contributed by atoms with Gasteiger partial charge in [-0.3, -0.25) is 4.79 Å². The zero-order chi connectivity index (χ0) is 25.5. The van der Waals surface area contributed by atoms with Crippen molar-refractivity contribution in [2.24, 2.45) is 5.10 Å². The van der Waals surface area contributed by atoms with E-state index < -0.39 is 17.9 Å². The normalized spacial score (nSPS) is 15.4. The highest BCUT2D eigenvalue weighted by Crippen LogP contribution is 2.33. The zero-order valence-electron chi connectivity index (χ0n) is 18.8. The van der Waals surface area contributed by atoms with Crippen LogP contribution in [-0.2, 0) is 14.3 Å². The van der Waals surface area contributed by atoms with Gasteiger partial charge in [-0.15, -0.1) is 0 Å². The SMILES string of the molecule is CCOC(=O)C1=C(C)NC(=S)N[C@H]1c1ccccc1OCC(=O)NN=Cc1cc(Br)c(O)cc1O. The summed E-state index contributed by atoms with van der Waals surface area (Å²) in [5.74, 6) is -1.02. The lowest BCUT2D eigenvalue weighted by atomic mass is 9.95. The number of para-hydroxylation sites is 1. The summed E-state index contributed by atoms with van der Waals surface area (Å²) in [5, 5.41) is 29.5. The quantitative estimate of drug-likeness (QED) is 0.142. The summed E-state index contributed by atoms with van der Waals surface area (Å²) in [6, 6.07) is 8.89. The molecule has 12 heteroatoms. The topological polar surface area (TPSA) is 142 Å². The number of hydrazone groups is 1. The van der Waals surface area contributed by atoms with E-state index in [1.165, 1.54) is 12.3 Å². The first-order valence-corrected chi connectivity index (χ1v) is 11.6. The number of phenolic OH excluding ortho intramolecular Hbond substituents is 2. The lowest BCUT2D eigenvalue weighted by molar-refractivity contribution is -0.139. The fourth-order valence-corrected chi connectivity index (χ4v) is 3.91. The van der Waals surface area contributed by atoms with Gasteiger partial charge in [-0.2, -0.15) is 5.10 Å². The number of phenols is 2. The molecule has 35 heavy (non-hydrogen) atoms. The third-order valence-electron chi connectivity index (χ3n) is 4.84. The van der Waals surface area contributed by atoms with Crippen molar-refractivity contribution in [1.29, 1.82) is 0 Å². The molecule has 0 bridgehead atoms. The van der Waals surface area contributed by atoms with Gasteiger partial charge in [0.05, 0.1) is 28.9 Å². The van der Waals surface area contributed by atoms with Crippen LogP contribution in [0, 0.1) is 0 Å². The Morgan fingerprint density at radius 2 is 2.00 bits per heavy atom. The molecule has 0 spiro atoms. The summed E-state index contributed by atoms with van der Waals surface area (Å²) >= 11 is 8.40. The number of allylic oxidation sites excluding steroid dienone is 1. The van der Waals surface area contributed by atoms with Crippen LogP contribution in [0.5, 0.6) is 17.2 Å². The van der Waals surface area contributed by atoms with Gasteiger partial charge in [-0.25, -0.2) is 10.2 Å². The first kappa shape index (κ1) is 26.0. The van der Waals surface area contributed by atoms with Crippen molar-refractivity contribution in [2.75, 3.05) is 13.2 Å². The summed E-state index contributed by atoms with van der Waals surface area (Å²) in [4.78, 5) is 24.9. The van der Waals surface area contributed by atoms with E-state index in [0.717, 1.165) is 6.07 Å². The highest BCUT2D eigenvalue weighted by Gasteiger charge is 2.32. The molecule has 0 aliphatic carbocycles. The standard InChI is InChI=1S/C23H23BrN4O6S/c1-3-33-22(32)20-12(2)26-23(35)27-21(20)14-6-4-5-7-18(14)34-11-19(31)28-25-10-13-8-15(24)17(30)9-16(13)29/h4-10,21,29-30H,3,11H2,1-2H3,(H,28,31)(H2,26,27,35)/t21-/m0/s1. The molecule has 0 radical (unpaired) electrons. The maximum Gasteiger partial charge on any atom is 0.338 e. The van der Waals surface area contributed by atoms with Crippen molar-refractivity contribution in [1.82, 2.24) is 16.1 Å². The second kappa shape index (κ2) is 11.7. The van der Waals surface area contributed by atoms with Crippen LogP contribution in [0.3, 0.4) is 0 Å². The highest BCUT2D eigenvalue weighted by atomic mass is 79.9. The molecule has 0 fully saturated rings. The number of nitrogens with one attached hydrogen (secondary N) is 3. The fourth-order valence-electron chi connectivity index (χ4n) is 3.28. The van der Waals surface area contributed by atoms with Crippen molar-refractivity contribution in [3.8, 4) is 17.2 Å². The summed E-state index contributed by atoms with van der Waals surface area (Å²) in [7, 11) is 0. The second-order valence-electron chi connectivity index (χ2n) is 7.27. The number of thiocarbonyl (C=S) groups is 1. The Morgan fingerprint density at radius 1 is 1.26 bits per heavy atom. The van der Waals surface area contributed by atoms with Gasteiger partial charge in [0.2, 0.25) is 0 Å². The Balaban J connectivity index is 1.72.